The molecule has 1 fully saturated rings. The SMILES string of the molecule is CCCNCC1CCCCCC1c1ccc(F)c(F)c1. The van der Waals surface area contributed by atoms with Crippen LogP contribution in [-0.4, -0.2) is 13.1 Å². The van der Waals surface area contributed by atoms with E-state index in [1.807, 2.05) is 0 Å². The van der Waals surface area contributed by atoms with Crippen molar-refractivity contribution in [2.45, 2.75) is 51.4 Å². The molecule has 112 valence electrons. The minimum absolute atomic E-state index is 0.358. The van der Waals surface area contributed by atoms with Gasteiger partial charge in [0.1, 0.15) is 0 Å². The molecule has 0 aromatic heterocycles. The average Bonchev–Trinajstić information content (AvgIpc) is 2.68. The van der Waals surface area contributed by atoms with Gasteiger partial charge in [-0.05, 0) is 61.9 Å². The van der Waals surface area contributed by atoms with E-state index in [4.69, 9.17) is 0 Å². The lowest BCUT2D eigenvalue weighted by Crippen LogP contribution is -2.27. The molecule has 0 aliphatic heterocycles. The largest absolute Gasteiger partial charge is 0.316 e. The highest BCUT2D eigenvalue weighted by atomic mass is 19.2. The van der Waals surface area contributed by atoms with Crippen molar-refractivity contribution in [1.29, 1.82) is 0 Å². The molecule has 0 heterocycles. The first-order valence-corrected chi connectivity index (χ1v) is 7.88. The van der Waals surface area contributed by atoms with Gasteiger partial charge < -0.3 is 5.32 Å². The molecule has 2 atom stereocenters. The minimum Gasteiger partial charge on any atom is -0.316 e. The van der Waals surface area contributed by atoms with Crippen molar-refractivity contribution in [2.75, 3.05) is 13.1 Å². The number of halogens is 2. The molecular weight excluding hydrogens is 256 g/mol. The van der Waals surface area contributed by atoms with Crippen LogP contribution in [-0.2, 0) is 0 Å². The lowest BCUT2D eigenvalue weighted by molar-refractivity contribution is 0.374. The molecule has 20 heavy (non-hydrogen) atoms. The quantitative estimate of drug-likeness (QED) is 0.613. The Bertz CT molecular complexity index is 419. The van der Waals surface area contributed by atoms with Crippen molar-refractivity contribution in [3.63, 3.8) is 0 Å². The van der Waals surface area contributed by atoms with Crippen molar-refractivity contribution < 1.29 is 8.78 Å². The Labute approximate surface area is 120 Å². The Balaban J connectivity index is 2.12. The van der Waals surface area contributed by atoms with Crippen molar-refractivity contribution in [2.24, 2.45) is 5.92 Å². The van der Waals surface area contributed by atoms with Crippen molar-refractivity contribution in [1.82, 2.24) is 5.32 Å². The van der Waals surface area contributed by atoms with E-state index in [0.29, 0.717) is 11.8 Å². The lowest BCUT2D eigenvalue weighted by atomic mass is 9.82. The minimum atomic E-state index is -0.747. The van der Waals surface area contributed by atoms with Gasteiger partial charge in [-0.15, -0.1) is 0 Å². The third kappa shape index (κ3) is 4.02. The normalized spacial score (nSPS) is 23.6. The maximum Gasteiger partial charge on any atom is 0.159 e. The Morgan fingerprint density at radius 3 is 2.65 bits per heavy atom. The van der Waals surface area contributed by atoms with Crippen LogP contribution < -0.4 is 5.32 Å². The van der Waals surface area contributed by atoms with Crippen LogP contribution >= 0.6 is 0 Å². The molecule has 0 saturated heterocycles. The summed E-state index contributed by atoms with van der Waals surface area (Å²) in [6, 6.07) is 4.44. The monoisotopic (exact) mass is 281 g/mol. The van der Waals surface area contributed by atoms with Gasteiger partial charge in [-0.1, -0.05) is 32.3 Å². The maximum absolute atomic E-state index is 13.5. The summed E-state index contributed by atoms with van der Waals surface area (Å²) in [7, 11) is 0. The molecule has 0 bridgehead atoms. The third-order valence-electron chi connectivity index (χ3n) is 4.36. The first-order valence-electron chi connectivity index (χ1n) is 7.88. The summed E-state index contributed by atoms with van der Waals surface area (Å²) in [4.78, 5) is 0. The highest BCUT2D eigenvalue weighted by Gasteiger charge is 2.25. The molecule has 2 rings (SSSR count). The second kappa shape index (κ2) is 7.72. The van der Waals surface area contributed by atoms with Gasteiger partial charge in [0.2, 0.25) is 0 Å². The summed E-state index contributed by atoms with van der Waals surface area (Å²) in [6.45, 7) is 4.17. The first kappa shape index (κ1) is 15.4. The second-order valence-corrected chi connectivity index (χ2v) is 5.88. The molecule has 1 N–H and O–H groups in total. The average molecular weight is 281 g/mol. The highest BCUT2D eigenvalue weighted by molar-refractivity contribution is 5.23. The van der Waals surface area contributed by atoms with Crippen LogP contribution in [0, 0.1) is 17.6 Å². The Morgan fingerprint density at radius 1 is 1.10 bits per heavy atom. The van der Waals surface area contributed by atoms with Crippen LogP contribution in [0.5, 0.6) is 0 Å². The summed E-state index contributed by atoms with van der Waals surface area (Å²) in [5, 5.41) is 3.49. The first-order chi connectivity index (χ1) is 9.72. The number of hydrogen-bond acceptors (Lipinski definition) is 1. The van der Waals surface area contributed by atoms with Gasteiger partial charge in [-0.25, -0.2) is 8.78 Å². The fraction of sp³-hybridized carbons (Fsp3) is 0.647. The second-order valence-electron chi connectivity index (χ2n) is 5.88. The van der Waals surface area contributed by atoms with Gasteiger partial charge in [0.15, 0.2) is 11.6 Å². The zero-order chi connectivity index (χ0) is 14.4. The van der Waals surface area contributed by atoms with Crippen LogP contribution in [0.15, 0.2) is 18.2 Å². The summed E-state index contributed by atoms with van der Waals surface area (Å²) >= 11 is 0. The molecule has 2 unspecified atom stereocenters. The summed E-state index contributed by atoms with van der Waals surface area (Å²) in [6.07, 6.45) is 7.09. The van der Waals surface area contributed by atoms with Crippen LogP contribution in [0.3, 0.4) is 0 Å². The Kier molecular flexibility index (Phi) is 5.96. The zero-order valence-corrected chi connectivity index (χ0v) is 12.3. The molecule has 1 saturated carbocycles. The maximum atomic E-state index is 13.5. The van der Waals surface area contributed by atoms with Gasteiger partial charge >= 0.3 is 0 Å². The fourth-order valence-corrected chi connectivity index (χ4v) is 3.27. The lowest BCUT2D eigenvalue weighted by Gasteiger charge is -2.26. The van der Waals surface area contributed by atoms with Crippen molar-refractivity contribution >= 4 is 0 Å². The van der Waals surface area contributed by atoms with Gasteiger partial charge in [0.05, 0.1) is 0 Å². The molecule has 1 nitrogen and oxygen atoms in total. The molecule has 1 aromatic carbocycles. The number of rotatable bonds is 5. The standard InChI is InChI=1S/C17H25F2N/c1-2-10-20-12-14-6-4-3-5-7-15(14)13-8-9-16(18)17(19)11-13/h8-9,11,14-15,20H,2-7,10,12H2,1H3. The van der Waals surface area contributed by atoms with E-state index in [0.717, 1.165) is 31.5 Å². The summed E-state index contributed by atoms with van der Waals surface area (Å²) in [5.74, 6) is -0.569. The van der Waals surface area contributed by atoms with Gasteiger partial charge in [-0.2, -0.15) is 0 Å². The van der Waals surface area contributed by atoms with Crippen LogP contribution in [0.2, 0.25) is 0 Å². The van der Waals surface area contributed by atoms with E-state index in [1.165, 1.54) is 37.8 Å². The molecule has 3 heteroatoms. The van der Waals surface area contributed by atoms with E-state index in [1.54, 1.807) is 6.07 Å². The van der Waals surface area contributed by atoms with E-state index in [-0.39, 0.29) is 0 Å². The molecule has 1 aromatic rings. The zero-order valence-electron chi connectivity index (χ0n) is 12.3. The Morgan fingerprint density at radius 2 is 1.90 bits per heavy atom. The smallest absolute Gasteiger partial charge is 0.159 e. The predicted octanol–water partition coefficient (Wildman–Crippen LogP) is 4.63. The molecule has 1 aliphatic rings. The van der Waals surface area contributed by atoms with Gasteiger partial charge in [0, 0.05) is 0 Å². The summed E-state index contributed by atoms with van der Waals surface area (Å²) in [5.41, 5.74) is 0.967. The van der Waals surface area contributed by atoms with Crippen LogP contribution in [0.25, 0.3) is 0 Å². The molecule has 0 radical (unpaired) electrons. The molecular formula is C17H25F2N. The number of nitrogens with one attached hydrogen (secondary N) is 1. The Hall–Kier alpha value is -0.960. The third-order valence-corrected chi connectivity index (χ3v) is 4.36. The van der Waals surface area contributed by atoms with Crippen molar-refractivity contribution in [3.05, 3.63) is 35.4 Å². The van der Waals surface area contributed by atoms with Crippen LogP contribution in [0.4, 0.5) is 8.78 Å². The van der Waals surface area contributed by atoms with Gasteiger partial charge in [0.25, 0.3) is 0 Å². The topological polar surface area (TPSA) is 12.0 Å². The molecule has 1 aliphatic carbocycles. The molecule has 0 spiro atoms. The van der Waals surface area contributed by atoms with E-state index in [9.17, 15) is 8.78 Å². The fourth-order valence-electron chi connectivity index (χ4n) is 3.27. The number of hydrogen-bond donors (Lipinski definition) is 1. The van der Waals surface area contributed by atoms with E-state index < -0.39 is 11.6 Å². The highest BCUT2D eigenvalue weighted by Crippen LogP contribution is 2.36. The van der Waals surface area contributed by atoms with E-state index >= 15 is 0 Å². The van der Waals surface area contributed by atoms with Crippen LogP contribution in [0.1, 0.15) is 56.9 Å². The predicted molar refractivity (Wildman–Crippen MR) is 78.8 cm³/mol. The molecule has 0 amide bonds. The van der Waals surface area contributed by atoms with Crippen molar-refractivity contribution in [3.8, 4) is 0 Å². The number of benzene rings is 1. The van der Waals surface area contributed by atoms with E-state index in [2.05, 4.69) is 12.2 Å². The van der Waals surface area contributed by atoms with Gasteiger partial charge in [-0.3, -0.25) is 0 Å². The summed E-state index contributed by atoms with van der Waals surface area (Å²) < 4.78 is 26.6.